The molecule has 0 radical (unpaired) electrons. The van der Waals surface area contributed by atoms with E-state index in [1.54, 1.807) is 0 Å². The number of aromatic amines is 1. The molecule has 1 aromatic rings. The van der Waals surface area contributed by atoms with Gasteiger partial charge in [0.05, 0.1) is 0 Å². The summed E-state index contributed by atoms with van der Waals surface area (Å²) >= 11 is 0. The maximum absolute atomic E-state index is 12.7. The molecule has 1 aromatic heterocycles. The van der Waals surface area contributed by atoms with Crippen molar-refractivity contribution in [3.8, 4) is 0 Å². The van der Waals surface area contributed by atoms with Gasteiger partial charge in [-0.15, -0.1) is 0 Å². The van der Waals surface area contributed by atoms with E-state index in [-0.39, 0.29) is 5.91 Å². The molecule has 1 fully saturated rings. The number of nitrogens with one attached hydrogen (secondary N) is 1. The van der Waals surface area contributed by atoms with E-state index < -0.39 is 0 Å². The van der Waals surface area contributed by atoms with E-state index in [1.165, 1.54) is 17.7 Å². The molecule has 1 saturated heterocycles. The van der Waals surface area contributed by atoms with Crippen LogP contribution in [0.25, 0.3) is 0 Å². The van der Waals surface area contributed by atoms with Gasteiger partial charge in [-0.3, -0.25) is 14.8 Å². The van der Waals surface area contributed by atoms with E-state index in [1.807, 2.05) is 4.90 Å². The fraction of sp³-hybridized carbons (Fsp3) is 0.750. The highest BCUT2D eigenvalue weighted by atomic mass is 16.2. The van der Waals surface area contributed by atoms with E-state index in [9.17, 15) is 4.79 Å². The summed E-state index contributed by atoms with van der Waals surface area (Å²) in [5, 5.41) is 7.42. The van der Waals surface area contributed by atoms with Gasteiger partial charge in [0.2, 0.25) is 0 Å². The third kappa shape index (κ3) is 2.84. The lowest BCUT2D eigenvalue weighted by Gasteiger charge is -2.36. The van der Waals surface area contributed by atoms with E-state index in [2.05, 4.69) is 35.9 Å². The number of carbonyl (C=O) groups is 1. The Hall–Kier alpha value is -1.36. The van der Waals surface area contributed by atoms with Crippen LogP contribution < -0.4 is 0 Å². The lowest BCUT2D eigenvalue weighted by Crippen LogP contribution is -2.50. The first kappa shape index (κ1) is 14.6. The first-order chi connectivity index (χ1) is 10.1. The van der Waals surface area contributed by atoms with E-state index >= 15 is 0 Å². The summed E-state index contributed by atoms with van der Waals surface area (Å²) in [6.45, 7) is 10.2. The zero-order valence-electron chi connectivity index (χ0n) is 13.4. The number of aromatic nitrogens is 2. The molecule has 5 nitrogen and oxygen atoms in total. The number of carbonyl (C=O) groups excluding carboxylic acids is 1. The van der Waals surface area contributed by atoms with Crippen molar-refractivity contribution in [2.45, 2.75) is 46.1 Å². The standard InChI is InChI=1S/C16H26N4O/c1-11(2)19-6-8-20(9-7-19)16(21)15-13-10-12(3)4-5-14(13)17-18-15/h11-12H,4-10H2,1-3H3,(H,17,18). The van der Waals surface area contributed by atoms with Gasteiger partial charge in [0.1, 0.15) is 0 Å². The Morgan fingerprint density at radius 2 is 2.00 bits per heavy atom. The Labute approximate surface area is 126 Å². The minimum Gasteiger partial charge on any atom is -0.335 e. The molecule has 0 saturated carbocycles. The van der Waals surface area contributed by atoms with Crippen LogP contribution in [0, 0.1) is 5.92 Å². The van der Waals surface area contributed by atoms with Gasteiger partial charge in [0.25, 0.3) is 5.91 Å². The quantitative estimate of drug-likeness (QED) is 0.902. The molecule has 1 amide bonds. The summed E-state index contributed by atoms with van der Waals surface area (Å²) in [7, 11) is 0. The summed E-state index contributed by atoms with van der Waals surface area (Å²) in [6.07, 6.45) is 3.20. The van der Waals surface area contributed by atoms with E-state index in [0.29, 0.717) is 17.7 Å². The maximum atomic E-state index is 12.7. The van der Waals surface area contributed by atoms with Crippen LogP contribution in [0.1, 0.15) is 48.9 Å². The lowest BCUT2D eigenvalue weighted by molar-refractivity contribution is 0.0588. The minimum absolute atomic E-state index is 0.116. The Kier molecular flexibility index (Phi) is 4.02. The Balaban J connectivity index is 1.71. The number of hydrogen-bond donors (Lipinski definition) is 1. The van der Waals surface area contributed by atoms with Crippen molar-refractivity contribution >= 4 is 5.91 Å². The molecule has 21 heavy (non-hydrogen) atoms. The second kappa shape index (κ2) is 5.79. The van der Waals surface area contributed by atoms with Crippen LogP contribution in [0.3, 0.4) is 0 Å². The number of hydrogen-bond acceptors (Lipinski definition) is 3. The normalized spacial score (nSPS) is 23.4. The predicted molar refractivity (Wildman–Crippen MR) is 82.4 cm³/mol. The van der Waals surface area contributed by atoms with Crippen molar-refractivity contribution < 1.29 is 4.79 Å². The number of amides is 1. The third-order valence-corrected chi connectivity index (χ3v) is 4.93. The first-order valence-electron chi connectivity index (χ1n) is 8.15. The molecule has 116 valence electrons. The molecule has 2 heterocycles. The SMILES string of the molecule is CC1CCc2[nH]nc(C(=O)N3CCN(C(C)C)CC3)c2C1. The lowest BCUT2D eigenvalue weighted by atomic mass is 9.87. The van der Waals surface area contributed by atoms with Crippen LogP contribution in [-0.2, 0) is 12.8 Å². The number of nitrogens with zero attached hydrogens (tertiary/aromatic N) is 3. The summed E-state index contributed by atoms with van der Waals surface area (Å²) in [5.41, 5.74) is 3.02. The smallest absolute Gasteiger partial charge is 0.274 e. The van der Waals surface area contributed by atoms with Crippen molar-refractivity contribution in [3.63, 3.8) is 0 Å². The molecule has 1 aliphatic heterocycles. The average molecular weight is 290 g/mol. The first-order valence-corrected chi connectivity index (χ1v) is 8.15. The monoisotopic (exact) mass is 290 g/mol. The highest BCUT2D eigenvalue weighted by Crippen LogP contribution is 2.27. The van der Waals surface area contributed by atoms with Crippen LogP contribution in [0.5, 0.6) is 0 Å². The Morgan fingerprint density at radius 3 is 2.67 bits per heavy atom. The van der Waals surface area contributed by atoms with Crippen molar-refractivity contribution in [1.29, 1.82) is 0 Å². The molecule has 3 rings (SSSR count). The molecule has 1 unspecified atom stereocenters. The van der Waals surface area contributed by atoms with Crippen molar-refractivity contribution in [2.75, 3.05) is 26.2 Å². The number of aryl methyl sites for hydroxylation is 1. The third-order valence-electron chi connectivity index (χ3n) is 4.93. The molecule has 2 aliphatic rings. The van der Waals surface area contributed by atoms with Gasteiger partial charge in [-0.25, -0.2) is 0 Å². The molecule has 0 aromatic carbocycles. The molecule has 1 N–H and O–H groups in total. The van der Waals surface area contributed by atoms with Crippen LogP contribution in [0.2, 0.25) is 0 Å². The highest BCUT2D eigenvalue weighted by molar-refractivity contribution is 5.94. The van der Waals surface area contributed by atoms with E-state index in [4.69, 9.17) is 0 Å². The molecule has 0 bridgehead atoms. The zero-order chi connectivity index (χ0) is 15.0. The maximum Gasteiger partial charge on any atom is 0.274 e. The fourth-order valence-electron chi connectivity index (χ4n) is 3.44. The summed E-state index contributed by atoms with van der Waals surface area (Å²) in [4.78, 5) is 17.1. The molecular weight excluding hydrogens is 264 g/mol. The van der Waals surface area contributed by atoms with Gasteiger partial charge >= 0.3 is 0 Å². The number of rotatable bonds is 2. The van der Waals surface area contributed by atoms with Crippen LogP contribution in [0.15, 0.2) is 0 Å². The van der Waals surface area contributed by atoms with Crippen molar-refractivity contribution in [3.05, 3.63) is 17.0 Å². The van der Waals surface area contributed by atoms with Gasteiger partial charge in [0, 0.05) is 43.5 Å². The predicted octanol–water partition coefficient (Wildman–Crippen LogP) is 1.70. The summed E-state index contributed by atoms with van der Waals surface area (Å²) < 4.78 is 0. The van der Waals surface area contributed by atoms with Gasteiger partial charge in [-0.2, -0.15) is 5.10 Å². The summed E-state index contributed by atoms with van der Waals surface area (Å²) in [5.74, 6) is 0.768. The molecule has 1 atom stereocenters. The Bertz CT molecular complexity index is 514. The molecule has 5 heteroatoms. The van der Waals surface area contributed by atoms with Crippen LogP contribution in [0.4, 0.5) is 0 Å². The number of fused-ring (bicyclic) bond motifs is 1. The topological polar surface area (TPSA) is 52.2 Å². The average Bonchev–Trinajstić information content (AvgIpc) is 2.89. The van der Waals surface area contributed by atoms with Gasteiger partial charge in [-0.1, -0.05) is 6.92 Å². The van der Waals surface area contributed by atoms with Crippen LogP contribution >= 0.6 is 0 Å². The largest absolute Gasteiger partial charge is 0.335 e. The second-order valence-electron chi connectivity index (χ2n) is 6.80. The minimum atomic E-state index is 0.116. The highest BCUT2D eigenvalue weighted by Gasteiger charge is 2.29. The van der Waals surface area contributed by atoms with Crippen molar-refractivity contribution in [2.24, 2.45) is 5.92 Å². The Morgan fingerprint density at radius 1 is 1.29 bits per heavy atom. The fourth-order valence-corrected chi connectivity index (χ4v) is 3.44. The number of H-pyrrole nitrogens is 1. The zero-order valence-corrected chi connectivity index (χ0v) is 13.4. The molecule has 1 aliphatic carbocycles. The molecule has 0 spiro atoms. The van der Waals surface area contributed by atoms with Gasteiger partial charge < -0.3 is 4.90 Å². The van der Waals surface area contributed by atoms with Crippen molar-refractivity contribution in [1.82, 2.24) is 20.0 Å². The molecular formula is C16H26N4O. The summed E-state index contributed by atoms with van der Waals surface area (Å²) in [6, 6.07) is 0.557. The van der Waals surface area contributed by atoms with Crippen LogP contribution in [-0.4, -0.2) is 58.1 Å². The second-order valence-corrected chi connectivity index (χ2v) is 6.80. The van der Waals surface area contributed by atoms with E-state index in [0.717, 1.165) is 39.0 Å². The van der Waals surface area contributed by atoms with Gasteiger partial charge in [-0.05, 0) is 39.0 Å². The van der Waals surface area contributed by atoms with Gasteiger partial charge in [0.15, 0.2) is 5.69 Å². The number of piperazine rings is 1.